The number of methoxy groups -OCH3 is 1. The standard InChI is InChI=1S/C14H23ClN2O6/c1-12(2,3)23-11(20)17-14(13(4,5)15)10(19)16-8(7-22-14)9(18)21-6/h8H,7H2,1-6H3,(H,16,19)(H,17,20)/t8-,14-/m0/s1. The molecule has 0 unspecified atom stereocenters. The number of nitrogens with one attached hydrogen (secondary N) is 2. The van der Waals surface area contributed by atoms with Gasteiger partial charge in [0.15, 0.2) is 6.04 Å². The third kappa shape index (κ3) is 4.48. The van der Waals surface area contributed by atoms with Crippen molar-refractivity contribution in [2.24, 2.45) is 0 Å². The maximum absolute atomic E-state index is 12.5. The Labute approximate surface area is 140 Å². The molecule has 1 aliphatic rings. The topological polar surface area (TPSA) is 103 Å². The molecule has 9 heteroatoms. The van der Waals surface area contributed by atoms with Crippen molar-refractivity contribution < 1.29 is 28.6 Å². The second-order valence-electron chi connectivity index (χ2n) is 6.64. The molecule has 1 aliphatic heterocycles. The molecule has 1 rings (SSSR count). The summed E-state index contributed by atoms with van der Waals surface area (Å²) in [4.78, 5) is 34.8. The molecule has 0 spiro atoms. The molecule has 2 amide bonds. The first-order valence-electron chi connectivity index (χ1n) is 7.05. The first-order valence-corrected chi connectivity index (χ1v) is 7.43. The molecule has 2 atom stereocenters. The highest BCUT2D eigenvalue weighted by Gasteiger charge is 2.57. The largest absolute Gasteiger partial charge is 0.467 e. The van der Waals surface area contributed by atoms with Gasteiger partial charge in [0.1, 0.15) is 5.60 Å². The summed E-state index contributed by atoms with van der Waals surface area (Å²) in [7, 11) is 1.20. The average molecular weight is 351 g/mol. The van der Waals surface area contributed by atoms with Crippen molar-refractivity contribution in [2.75, 3.05) is 13.7 Å². The number of esters is 1. The summed E-state index contributed by atoms with van der Waals surface area (Å²) in [5.74, 6) is -1.42. The van der Waals surface area contributed by atoms with Gasteiger partial charge < -0.3 is 19.5 Å². The first-order chi connectivity index (χ1) is 10.3. The number of hydrogen-bond acceptors (Lipinski definition) is 6. The minimum atomic E-state index is -1.89. The summed E-state index contributed by atoms with van der Waals surface area (Å²) in [6.45, 7) is 7.85. The number of rotatable bonds is 3. The first kappa shape index (κ1) is 19.5. The van der Waals surface area contributed by atoms with Crippen LogP contribution in [0.25, 0.3) is 0 Å². The number of morpholine rings is 1. The number of hydrogen-bond donors (Lipinski definition) is 2. The predicted molar refractivity (Wildman–Crippen MR) is 81.9 cm³/mol. The summed E-state index contributed by atoms with van der Waals surface area (Å²) in [5.41, 5.74) is -2.65. The molecule has 0 radical (unpaired) electrons. The molecule has 0 aliphatic carbocycles. The van der Waals surface area contributed by atoms with Gasteiger partial charge in [-0.3, -0.25) is 10.1 Å². The van der Waals surface area contributed by atoms with E-state index in [1.165, 1.54) is 21.0 Å². The lowest BCUT2D eigenvalue weighted by Gasteiger charge is -2.45. The molecular formula is C14H23ClN2O6. The smallest absolute Gasteiger partial charge is 0.410 e. The maximum Gasteiger partial charge on any atom is 0.410 e. The van der Waals surface area contributed by atoms with Gasteiger partial charge in [-0.05, 0) is 34.6 Å². The Kier molecular flexibility index (Phi) is 5.53. The van der Waals surface area contributed by atoms with Crippen LogP contribution in [-0.4, -0.2) is 53.9 Å². The Bertz CT molecular complexity index is 496. The molecule has 0 bridgehead atoms. The highest BCUT2D eigenvalue weighted by Crippen LogP contribution is 2.33. The third-order valence-electron chi connectivity index (χ3n) is 3.09. The Morgan fingerprint density at radius 2 is 1.91 bits per heavy atom. The molecule has 23 heavy (non-hydrogen) atoms. The van der Waals surface area contributed by atoms with E-state index in [4.69, 9.17) is 21.1 Å². The van der Waals surface area contributed by atoms with Crippen molar-refractivity contribution in [1.29, 1.82) is 0 Å². The number of halogens is 1. The van der Waals surface area contributed by atoms with Crippen LogP contribution < -0.4 is 10.6 Å². The van der Waals surface area contributed by atoms with Crippen molar-refractivity contribution in [2.45, 2.75) is 56.9 Å². The normalized spacial score (nSPS) is 25.3. The van der Waals surface area contributed by atoms with Gasteiger partial charge in [-0.15, -0.1) is 11.6 Å². The molecule has 132 valence electrons. The molecule has 2 N–H and O–H groups in total. The lowest BCUT2D eigenvalue weighted by Crippen LogP contribution is -2.74. The number of carbonyl (C=O) groups excluding carboxylic acids is 3. The number of carbonyl (C=O) groups is 3. The van der Waals surface area contributed by atoms with Crippen LogP contribution in [0.1, 0.15) is 34.6 Å². The third-order valence-corrected chi connectivity index (χ3v) is 3.36. The molecular weight excluding hydrogens is 328 g/mol. The molecule has 0 aromatic carbocycles. The SMILES string of the molecule is COC(=O)[C@@H]1CO[C@](NC(=O)OC(C)(C)C)(C(C)(C)Cl)C(=O)N1. The van der Waals surface area contributed by atoms with E-state index in [9.17, 15) is 14.4 Å². The van der Waals surface area contributed by atoms with E-state index in [-0.39, 0.29) is 6.61 Å². The van der Waals surface area contributed by atoms with Gasteiger partial charge in [-0.2, -0.15) is 0 Å². The monoisotopic (exact) mass is 350 g/mol. The number of alkyl halides is 1. The lowest BCUT2D eigenvalue weighted by atomic mass is 9.95. The zero-order valence-electron chi connectivity index (χ0n) is 14.1. The fourth-order valence-electron chi connectivity index (χ4n) is 1.98. The summed E-state index contributed by atoms with van der Waals surface area (Å²) in [6.07, 6.45) is -0.863. The molecule has 8 nitrogen and oxygen atoms in total. The van der Waals surface area contributed by atoms with Crippen LogP contribution in [0.4, 0.5) is 4.79 Å². The van der Waals surface area contributed by atoms with E-state index in [2.05, 4.69) is 15.4 Å². The summed E-state index contributed by atoms with van der Waals surface area (Å²) in [6, 6.07) is -0.972. The van der Waals surface area contributed by atoms with Gasteiger partial charge >= 0.3 is 12.1 Å². The van der Waals surface area contributed by atoms with E-state index >= 15 is 0 Å². The van der Waals surface area contributed by atoms with Gasteiger partial charge in [0.05, 0.1) is 18.6 Å². The lowest BCUT2D eigenvalue weighted by molar-refractivity contribution is -0.177. The fraction of sp³-hybridized carbons (Fsp3) is 0.786. The van der Waals surface area contributed by atoms with Crippen LogP contribution in [0.2, 0.25) is 0 Å². The molecule has 0 saturated carbocycles. The highest BCUT2D eigenvalue weighted by atomic mass is 35.5. The second kappa shape index (κ2) is 6.52. The predicted octanol–water partition coefficient (Wildman–Crippen LogP) is 0.913. The molecule has 1 saturated heterocycles. The van der Waals surface area contributed by atoms with Crippen molar-refractivity contribution >= 4 is 29.6 Å². The van der Waals surface area contributed by atoms with E-state index in [0.29, 0.717) is 0 Å². The van der Waals surface area contributed by atoms with Crippen molar-refractivity contribution in [3.63, 3.8) is 0 Å². The minimum Gasteiger partial charge on any atom is -0.467 e. The van der Waals surface area contributed by atoms with Crippen molar-refractivity contribution in [3.8, 4) is 0 Å². The maximum atomic E-state index is 12.5. The number of ether oxygens (including phenoxy) is 3. The van der Waals surface area contributed by atoms with Crippen molar-refractivity contribution in [3.05, 3.63) is 0 Å². The minimum absolute atomic E-state index is 0.204. The molecule has 0 aromatic rings. The van der Waals surface area contributed by atoms with Crippen LogP contribution in [0, 0.1) is 0 Å². The Balaban J connectivity index is 3.01. The number of alkyl carbamates (subject to hydrolysis) is 1. The van der Waals surface area contributed by atoms with E-state index in [0.717, 1.165) is 0 Å². The average Bonchev–Trinajstić information content (AvgIpc) is 2.36. The molecule has 1 heterocycles. The molecule has 0 aromatic heterocycles. The van der Waals surface area contributed by atoms with Crippen LogP contribution in [0.5, 0.6) is 0 Å². The highest BCUT2D eigenvalue weighted by molar-refractivity contribution is 6.26. The van der Waals surface area contributed by atoms with Gasteiger partial charge in [0.2, 0.25) is 5.72 Å². The Morgan fingerprint density at radius 3 is 2.30 bits per heavy atom. The summed E-state index contributed by atoms with van der Waals surface area (Å²) in [5, 5.41) is 4.82. The Hall–Kier alpha value is -1.54. The van der Waals surface area contributed by atoms with Gasteiger partial charge in [0.25, 0.3) is 5.91 Å². The van der Waals surface area contributed by atoms with E-state index in [1.807, 2.05) is 0 Å². The summed E-state index contributed by atoms with van der Waals surface area (Å²) < 4.78 is 15.2. The van der Waals surface area contributed by atoms with Gasteiger partial charge in [-0.1, -0.05) is 0 Å². The van der Waals surface area contributed by atoms with Gasteiger partial charge in [-0.25, -0.2) is 9.59 Å². The van der Waals surface area contributed by atoms with E-state index in [1.54, 1.807) is 20.8 Å². The summed E-state index contributed by atoms with van der Waals surface area (Å²) >= 11 is 6.27. The zero-order chi connectivity index (χ0) is 18.1. The van der Waals surface area contributed by atoms with Crippen molar-refractivity contribution in [1.82, 2.24) is 10.6 Å². The van der Waals surface area contributed by atoms with Crippen LogP contribution in [-0.2, 0) is 23.8 Å². The second-order valence-corrected chi connectivity index (χ2v) is 7.59. The fourth-order valence-corrected chi connectivity index (χ4v) is 2.16. The Morgan fingerprint density at radius 1 is 1.35 bits per heavy atom. The van der Waals surface area contributed by atoms with Crippen LogP contribution >= 0.6 is 11.6 Å². The molecule has 1 fully saturated rings. The quantitative estimate of drug-likeness (QED) is 0.579. The zero-order valence-corrected chi connectivity index (χ0v) is 14.9. The van der Waals surface area contributed by atoms with Crippen LogP contribution in [0.15, 0.2) is 0 Å². The number of amides is 2. The van der Waals surface area contributed by atoms with E-state index < -0.39 is 40.2 Å². The van der Waals surface area contributed by atoms with Gasteiger partial charge in [0, 0.05) is 0 Å². The van der Waals surface area contributed by atoms with Crippen LogP contribution in [0.3, 0.4) is 0 Å².